The molecule has 0 unspecified atom stereocenters. The molecular formula is C14H15NO. The molecule has 0 aliphatic heterocycles. The van der Waals surface area contributed by atoms with E-state index in [1.807, 2.05) is 49.4 Å². The first-order chi connectivity index (χ1) is 7.60. The van der Waals surface area contributed by atoms with Gasteiger partial charge in [0.25, 0.3) is 0 Å². The van der Waals surface area contributed by atoms with Gasteiger partial charge in [0.2, 0.25) is 0 Å². The molecule has 0 spiro atoms. The predicted octanol–water partition coefficient (Wildman–Crippen LogP) is 2.65. The van der Waals surface area contributed by atoms with Gasteiger partial charge >= 0.3 is 0 Å². The molecular weight excluding hydrogens is 198 g/mol. The van der Waals surface area contributed by atoms with Crippen LogP contribution in [0.2, 0.25) is 0 Å². The summed E-state index contributed by atoms with van der Waals surface area (Å²) >= 11 is 0. The Morgan fingerprint density at radius 1 is 1.12 bits per heavy atom. The topological polar surface area (TPSA) is 33.1 Å². The Balaban J connectivity index is 2.47. The molecule has 0 radical (unpaired) electrons. The van der Waals surface area contributed by atoms with Crippen molar-refractivity contribution in [2.24, 2.45) is 0 Å². The number of benzene rings is 1. The zero-order valence-electron chi connectivity index (χ0n) is 9.51. The van der Waals surface area contributed by atoms with Crippen molar-refractivity contribution in [1.29, 1.82) is 0 Å². The van der Waals surface area contributed by atoms with Gasteiger partial charge in [-0.15, -0.1) is 0 Å². The molecule has 1 aromatic heterocycles. The van der Waals surface area contributed by atoms with Crippen molar-refractivity contribution in [3.63, 3.8) is 0 Å². The molecule has 0 aliphatic rings. The zero-order valence-corrected chi connectivity index (χ0v) is 9.51. The third-order valence-electron chi connectivity index (χ3n) is 2.75. The highest BCUT2D eigenvalue weighted by Crippen LogP contribution is 2.27. The largest absolute Gasteiger partial charge is 0.379 e. The number of pyridine rings is 1. The summed E-state index contributed by atoms with van der Waals surface area (Å²) in [5, 5.41) is 10.5. The lowest BCUT2D eigenvalue weighted by Gasteiger charge is -2.23. The van der Waals surface area contributed by atoms with Crippen molar-refractivity contribution >= 4 is 0 Å². The fourth-order valence-electron chi connectivity index (χ4n) is 1.71. The summed E-state index contributed by atoms with van der Waals surface area (Å²) in [6, 6.07) is 13.4. The zero-order chi connectivity index (χ0) is 11.6. The van der Waals surface area contributed by atoms with Crippen molar-refractivity contribution in [2.75, 3.05) is 0 Å². The van der Waals surface area contributed by atoms with E-state index in [2.05, 4.69) is 4.98 Å². The second-order valence-electron chi connectivity index (χ2n) is 4.16. The number of aryl methyl sites for hydroxylation is 1. The molecule has 2 heteroatoms. The minimum Gasteiger partial charge on any atom is -0.379 e. The summed E-state index contributed by atoms with van der Waals surface area (Å²) in [5.74, 6) is 0. The van der Waals surface area contributed by atoms with Gasteiger partial charge in [0, 0.05) is 6.20 Å². The van der Waals surface area contributed by atoms with Gasteiger partial charge in [-0.2, -0.15) is 0 Å². The maximum atomic E-state index is 10.5. The van der Waals surface area contributed by atoms with Crippen LogP contribution < -0.4 is 0 Å². The molecule has 0 bridgehead atoms. The molecule has 0 fully saturated rings. The van der Waals surface area contributed by atoms with Gasteiger partial charge in [-0.25, -0.2) is 0 Å². The number of nitrogens with zero attached hydrogens (tertiary/aromatic N) is 1. The van der Waals surface area contributed by atoms with E-state index in [0.717, 1.165) is 11.1 Å². The predicted molar refractivity (Wildman–Crippen MR) is 64.1 cm³/mol. The lowest BCUT2D eigenvalue weighted by Crippen LogP contribution is -2.24. The van der Waals surface area contributed by atoms with E-state index in [9.17, 15) is 5.11 Å². The molecule has 2 rings (SSSR count). The van der Waals surface area contributed by atoms with Crippen LogP contribution in [-0.2, 0) is 5.60 Å². The van der Waals surface area contributed by atoms with Gasteiger partial charge in [0.05, 0.1) is 5.69 Å². The Morgan fingerprint density at radius 2 is 1.81 bits per heavy atom. The standard InChI is InChI=1S/C14H15NO/c1-11-8-9-15-13(10-11)14(2,16)12-6-4-3-5-7-12/h3-10,16H,1-2H3/t14-/m0/s1. The lowest BCUT2D eigenvalue weighted by molar-refractivity contribution is 0.0973. The van der Waals surface area contributed by atoms with Crippen LogP contribution in [0.25, 0.3) is 0 Å². The summed E-state index contributed by atoms with van der Waals surface area (Å²) < 4.78 is 0. The van der Waals surface area contributed by atoms with E-state index < -0.39 is 5.60 Å². The van der Waals surface area contributed by atoms with Gasteiger partial charge in [0.1, 0.15) is 5.60 Å². The Labute approximate surface area is 95.6 Å². The van der Waals surface area contributed by atoms with Gasteiger partial charge < -0.3 is 5.11 Å². The Morgan fingerprint density at radius 3 is 2.44 bits per heavy atom. The summed E-state index contributed by atoms with van der Waals surface area (Å²) in [5.41, 5.74) is 1.60. The first-order valence-electron chi connectivity index (χ1n) is 5.32. The van der Waals surface area contributed by atoms with Crippen LogP contribution in [0, 0.1) is 6.92 Å². The summed E-state index contributed by atoms with van der Waals surface area (Å²) in [4.78, 5) is 4.24. The molecule has 2 aromatic rings. The molecule has 1 atom stereocenters. The summed E-state index contributed by atoms with van der Waals surface area (Å²) in [7, 11) is 0. The maximum absolute atomic E-state index is 10.5. The number of hydrogen-bond donors (Lipinski definition) is 1. The normalized spacial score (nSPS) is 14.4. The highest BCUT2D eigenvalue weighted by Gasteiger charge is 2.26. The number of aliphatic hydroxyl groups is 1. The van der Waals surface area contributed by atoms with Crippen LogP contribution in [0.1, 0.15) is 23.7 Å². The highest BCUT2D eigenvalue weighted by atomic mass is 16.3. The Bertz CT molecular complexity index is 477. The second-order valence-corrected chi connectivity index (χ2v) is 4.16. The van der Waals surface area contributed by atoms with Crippen LogP contribution >= 0.6 is 0 Å². The minimum atomic E-state index is -1.03. The fourth-order valence-corrected chi connectivity index (χ4v) is 1.71. The summed E-state index contributed by atoms with van der Waals surface area (Å²) in [6.07, 6.45) is 1.72. The van der Waals surface area contributed by atoms with Gasteiger partial charge in [-0.1, -0.05) is 30.3 Å². The first kappa shape index (κ1) is 10.8. The first-order valence-corrected chi connectivity index (χ1v) is 5.32. The quantitative estimate of drug-likeness (QED) is 0.832. The van der Waals surface area contributed by atoms with Crippen molar-refractivity contribution in [1.82, 2.24) is 4.98 Å². The monoisotopic (exact) mass is 213 g/mol. The van der Waals surface area contributed by atoms with Crippen LogP contribution in [0.15, 0.2) is 48.7 Å². The SMILES string of the molecule is Cc1ccnc([C@@](C)(O)c2ccccc2)c1. The van der Waals surface area contributed by atoms with E-state index >= 15 is 0 Å². The van der Waals surface area contributed by atoms with Gasteiger partial charge in [-0.05, 0) is 37.1 Å². The number of hydrogen-bond acceptors (Lipinski definition) is 2. The molecule has 1 N–H and O–H groups in total. The van der Waals surface area contributed by atoms with E-state index in [4.69, 9.17) is 0 Å². The molecule has 82 valence electrons. The molecule has 16 heavy (non-hydrogen) atoms. The minimum absolute atomic E-state index is 0.679. The van der Waals surface area contributed by atoms with Crippen molar-refractivity contribution in [3.05, 3.63) is 65.5 Å². The third kappa shape index (κ3) is 1.97. The van der Waals surface area contributed by atoms with Crippen molar-refractivity contribution < 1.29 is 5.11 Å². The van der Waals surface area contributed by atoms with Crippen molar-refractivity contribution in [2.45, 2.75) is 19.4 Å². The average molecular weight is 213 g/mol. The Hall–Kier alpha value is -1.67. The molecule has 0 saturated heterocycles. The van der Waals surface area contributed by atoms with E-state index in [-0.39, 0.29) is 0 Å². The third-order valence-corrected chi connectivity index (χ3v) is 2.75. The van der Waals surface area contributed by atoms with Crippen LogP contribution in [0.5, 0.6) is 0 Å². The molecule has 1 aromatic carbocycles. The molecule has 1 heterocycles. The van der Waals surface area contributed by atoms with Gasteiger partial charge in [0.15, 0.2) is 0 Å². The molecule has 0 aliphatic carbocycles. The molecule has 0 saturated carbocycles. The van der Waals surface area contributed by atoms with Crippen molar-refractivity contribution in [3.8, 4) is 0 Å². The molecule has 2 nitrogen and oxygen atoms in total. The highest BCUT2D eigenvalue weighted by molar-refractivity contribution is 5.32. The van der Waals surface area contributed by atoms with Crippen LogP contribution in [-0.4, -0.2) is 10.1 Å². The van der Waals surface area contributed by atoms with E-state index in [0.29, 0.717) is 5.69 Å². The second kappa shape index (κ2) is 4.06. The van der Waals surface area contributed by atoms with Crippen LogP contribution in [0.4, 0.5) is 0 Å². The summed E-state index contributed by atoms with van der Waals surface area (Å²) in [6.45, 7) is 3.76. The van der Waals surface area contributed by atoms with Crippen LogP contribution in [0.3, 0.4) is 0 Å². The lowest BCUT2D eigenvalue weighted by atomic mass is 9.91. The maximum Gasteiger partial charge on any atom is 0.129 e. The Kier molecular flexibility index (Phi) is 2.75. The fraction of sp³-hybridized carbons (Fsp3) is 0.214. The van der Waals surface area contributed by atoms with E-state index in [1.165, 1.54) is 0 Å². The molecule has 0 amide bonds. The average Bonchev–Trinajstić information content (AvgIpc) is 2.30. The van der Waals surface area contributed by atoms with E-state index in [1.54, 1.807) is 13.1 Å². The van der Waals surface area contributed by atoms with Gasteiger partial charge in [-0.3, -0.25) is 4.98 Å². The number of aromatic nitrogens is 1. The smallest absolute Gasteiger partial charge is 0.129 e. The number of rotatable bonds is 2.